The molecule has 0 saturated heterocycles. The molecule has 1 atom stereocenters. The predicted octanol–water partition coefficient (Wildman–Crippen LogP) is -1.46. The lowest BCUT2D eigenvalue weighted by Crippen LogP contribution is -2.43. The fraction of sp³-hybridized carbons (Fsp3) is 0.727. The topological polar surface area (TPSA) is 180 Å². The van der Waals surface area contributed by atoms with Crippen LogP contribution in [0.25, 0.3) is 0 Å². The van der Waals surface area contributed by atoms with Crippen LogP contribution < -0.4 is 6.15 Å². The average Bonchev–Trinajstić information content (AvgIpc) is 2.24. The lowest BCUT2D eigenvalue weighted by molar-refractivity contribution is -0.172. The van der Waals surface area contributed by atoms with E-state index in [1.54, 1.807) is 0 Å². The van der Waals surface area contributed by atoms with E-state index in [2.05, 4.69) is 4.74 Å². The van der Waals surface area contributed by atoms with Crippen LogP contribution in [0, 0.1) is 0 Å². The molecule has 0 aromatic heterocycles. The molecule has 0 heterocycles. The number of aliphatic hydroxyl groups is 2. The van der Waals surface area contributed by atoms with Crippen LogP contribution in [0.4, 0.5) is 0 Å². The molecule has 126 valence electrons. The molecular formula is C11H24N2O8. The number of hydrogen-bond acceptors (Lipinski definition) is 8. The van der Waals surface area contributed by atoms with Crippen LogP contribution in [-0.4, -0.2) is 83.2 Å². The Morgan fingerprint density at radius 3 is 1.81 bits per heavy atom. The van der Waals surface area contributed by atoms with Crippen molar-refractivity contribution in [3.8, 4) is 0 Å². The number of aliphatic hydroxyl groups excluding tert-OH is 1. The number of hydrogen-bond donors (Lipinski definition) is 5. The molecular weight excluding hydrogens is 288 g/mol. The van der Waals surface area contributed by atoms with Crippen LogP contribution in [0.3, 0.4) is 0 Å². The van der Waals surface area contributed by atoms with Gasteiger partial charge in [-0.15, -0.1) is 0 Å². The molecule has 10 heteroatoms. The van der Waals surface area contributed by atoms with Gasteiger partial charge in [0.2, 0.25) is 0 Å². The molecule has 0 radical (unpaired) electrons. The average molecular weight is 312 g/mol. The highest BCUT2D eigenvalue weighted by molar-refractivity contribution is 5.88. The second-order valence-electron chi connectivity index (χ2n) is 4.37. The largest absolute Gasteiger partial charge is 0.481 e. The predicted molar refractivity (Wildman–Crippen MR) is 72.1 cm³/mol. The van der Waals surface area contributed by atoms with Gasteiger partial charge in [-0.25, -0.2) is 4.79 Å². The lowest BCUT2D eigenvalue weighted by Gasteiger charge is -2.19. The highest BCUT2D eigenvalue weighted by Gasteiger charge is 2.41. The second kappa shape index (κ2) is 12.0. The van der Waals surface area contributed by atoms with Crippen LogP contribution in [-0.2, 0) is 19.1 Å². The Balaban J connectivity index is -0.000000572. The fourth-order valence-corrected chi connectivity index (χ4v) is 0.913. The van der Waals surface area contributed by atoms with Gasteiger partial charge in [-0.05, 0) is 21.1 Å². The molecule has 0 saturated carbocycles. The summed E-state index contributed by atoms with van der Waals surface area (Å²) in [5.74, 6) is -4.48. The molecule has 0 aromatic carbocycles. The lowest BCUT2D eigenvalue weighted by atomic mass is 9.96. The van der Waals surface area contributed by atoms with Gasteiger partial charge in [-0.1, -0.05) is 0 Å². The van der Waals surface area contributed by atoms with Crippen molar-refractivity contribution in [2.75, 3.05) is 34.4 Å². The van der Waals surface area contributed by atoms with E-state index in [0.717, 1.165) is 0 Å². The van der Waals surface area contributed by atoms with Gasteiger partial charge < -0.3 is 36.2 Å². The molecule has 0 amide bonds. The number of esters is 1. The molecule has 0 aromatic rings. The van der Waals surface area contributed by atoms with Crippen LogP contribution in [0.5, 0.6) is 0 Å². The van der Waals surface area contributed by atoms with E-state index < -0.39 is 43.0 Å². The van der Waals surface area contributed by atoms with Gasteiger partial charge in [-0.3, -0.25) is 9.59 Å². The minimum atomic E-state index is -2.70. The Hall–Kier alpha value is -1.75. The quantitative estimate of drug-likeness (QED) is 0.349. The molecule has 21 heavy (non-hydrogen) atoms. The SMILES string of the molecule is CN(C)C.N.O=C(O)CC(O)(CC(=O)OCCO)C(=O)O. The maximum absolute atomic E-state index is 11.0. The molecule has 1 unspecified atom stereocenters. The van der Waals surface area contributed by atoms with Crippen molar-refractivity contribution in [3.63, 3.8) is 0 Å². The monoisotopic (exact) mass is 312 g/mol. The summed E-state index contributed by atoms with van der Waals surface area (Å²) in [5.41, 5.74) is -2.70. The number of rotatable bonds is 7. The molecule has 0 spiro atoms. The summed E-state index contributed by atoms with van der Waals surface area (Å²) in [6.07, 6.45) is -2.11. The first-order chi connectivity index (χ1) is 9.05. The van der Waals surface area contributed by atoms with Gasteiger partial charge in [0.15, 0.2) is 5.60 Å². The number of nitrogens with zero attached hydrogens (tertiary/aromatic N) is 1. The summed E-state index contributed by atoms with van der Waals surface area (Å²) in [4.78, 5) is 33.8. The number of carbonyl (C=O) groups excluding carboxylic acids is 1. The number of carboxylic acids is 2. The van der Waals surface area contributed by atoms with Crippen LogP contribution in [0.15, 0.2) is 0 Å². The van der Waals surface area contributed by atoms with Gasteiger partial charge in [0.1, 0.15) is 6.61 Å². The van der Waals surface area contributed by atoms with Crippen molar-refractivity contribution in [1.29, 1.82) is 0 Å². The summed E-state index contributed by atoms with van der Waals surface area (Å²) in [6, 6.07) is 0. The van der Waals surface area contributed by atoms with Crippen molar-refractivity contribution in [1.82, 2.24) is 11.1 Å². The van der Waals surface area contributed by atoms with Gasteiger partial charge >= 0.3 is 17.9 Å². The highest BCUT2D eigenvalue weighted by atomic mass is 16.5. The summed E-state index contributed by atoms with van der Waals surface area (Å²) in [5, 5.41) is 34.7. The van der Waals surface area contributed by atoms with E-state index in [0.29, 0.717) is 0 Å². The molecule has 0 aliphatic rings. The van der Waals surface area contributed by atoms with Crippen molar-refractivity contribution in [2.24, 2.45) is 0 Å². The smallest absolute Gasteiger partial charge is 0.336 e. The Labute approximate surface area is 122 Å². The summed E-state index contributed by atoms with van der Waals surface area (Å²) in [6.45, 7) is -0.794. The second-order valence-corrected chi connectivity index (χ2v) is 4.37. The van der Waals surface area contributed by atoms with E-state index in [1.165, 1.54) is 0 Å². The minimum Gasteiger partial charge on any atom is -0.481 e. The third kappa shape index (κ3) is 14.5. The maximum atomic E-state index is 11.0. The standard InChI is InChI=1S/C8H12O8.C3H9N.H3N/c9-1-2-16-6(12)4-8(15,7(13)14)3-5(10)11;1-4(2)3;/h9,15H,1-4H2,(H,10,11)(H,13,14);1-3H3;1H3. The van der Waals surface area contributed by atoms with E-state index in [4.69, 9.17) is 15.3 Å². The zero-order valence-corrected chi connectivity index (χ0v) is 12.4. The number of carbonyl (C=O) groups is 3. The third-order valence-corrected chi connectivity index (χ3v) is 1.63. The summed E-state index contributed by atoms with van der Waals surface area (Å²) in [7, 11) is 6.00. The zero-order chi connectivity index (χ0) is 16.3. The Bertz CT molecular complexity index is 331. The third-order valence-electron chi connectivity index (χ3n) is 1.63. The molecule has 0 rings (SSSR count). The van der Waals surface area contributed by atoms with E-state index in [1.807, 2.05) is 26.0 Å². The van der Waals surface area contributed by atoms with Crippen LogP contribution in [0.2, 0.25) is 0 Å². The molecule has 0 bridgehead atoms. The zero-order valence-electron chi connectivity index (χ0n) is 12.4. The molecule has 0 fully saturated rings. The van der Waals surface area contributed by atoms with Crippen molar-refractivity contribution in [2.45, 2.75) is 18.4 Å². The molecule has 7 N–H and O–H groups in total. The Kier molecular flexibility index (Phi) is 13.9. The molecule has 0 aliphatic carbocycles. The van der Waals surface area contributed by atoms with Crippen molar-refractivity contribution in [3.05, 3.63) is 0 Å². The fourth-order valence-electron chi connectivity index (χ4n) is 0.913. The van der Waals surface area contributed by atoms with Crippen molar-refractivity contribution < 1.29 is 39.5 Å². The first-order valence-corrected chi connectivity index (χ1v) is 5.60. The van der Waals surface area contributed by atoms with Gasteiger partial charge in [-0.2, -0.15) is 0 Å². The van der Waals surface area contributed by atoms with Gasteiger partial charge in [0.25, 0.3) is 0 Å². The van der Waals surface area contributed by atoms with Crippen LogP contribution in [0.1, 0.15) is 12.8 Å². The number of aliphatic carboxylic acids is 2. The Morgan fingerprint density at radius 1 is 1.10 bits per heavy atom. The minimum absolute atomic E-state index is 0. The van der Waals surface area contributed by atoms with Gasteiger partial charge in [0.05, 0.1) is 19.4 Å². The van der Waals surface area contributed by atoms with E-state index in [-0.39, 0.29) is 12.8 Å². The Morgan fingerprint density at radius 2 is 1.52 bits per heavy atom. The van der Waals surface area contributed by atoms with Gasteiger partial charge in [0, 0.05) is 0 Å². The molecule has 10 nitrogen and oxygen atoms in total. The molecule has 0 aliphatic heterocycles. The normalized spacial score (nSPS) is 12.3. The van der Waals surface area contributed by atoms with Crippen LogP contribution >= 0.6 is 0 Å². The van der Waals surface area contributed by atoms with E-state index >= 15 is 0 Å². The number of ether oxygens (including phenoxy) is 1. The van der Waals surface area contributed by atoms with E-state index in [9.17, 15) is 19.5 Å². The summed E-state index contributed by atoms with van der Waals surface area (Å²) >= 11 is 0. The maximum Gasteiger partial charge on any atom is 0.336 e. The number of carboxylic acid groups (broad SMARTS) is 2. The first kappa shape index (κ1) is 24.3. The summed E-state index contributed by atoms with van der Waals surface area (Å²) < 4.78 is 4.31. The van der Waals surface area contributed by atoms with Crippen molar-refractivity contribution >= 4 is 17.9 Å². The first-order valence-electron chi connectivity index (χ1n) is 5.60. The highest BCUT2D eigenvalue weighted by Crippen LogP contribution is 2.16.